The van der Waals surface area contributed by atoms with E-state index in [-0.39, 0.29) is 33.3 Å². The van der Waals surface area contributed by atoms with E-state index in [1.165, 1.54) is 12.1 Å². The van der Waals surface area contributed by atoms with Crippen LogP contribution in [0.25, 0.3) is 0 Å². The molecule has 0 spiro atoms. The van der Waals surface area contributed by atoms with Crippen molar-refractivity contribution < 1.29 is 9.90 Å². The normalized spacial score (nSPS) is 10.5. The summed E-state index contributed by atoms with van der Waals surface area (Å²) in [4.78, 5) is 11.4. The second-order valence-corrected chi connectivity index (χ2v) is 4.19. The van der Waals surface area contributed by atoms with Crippen molar-refractivity contribution in [2.24, 2.45) is 5.92 Å². The molecular formula is C10H11Cl2NO2. The SMILES string of the molecule is CC(C)C(=O)Nc1ccc(Cl)c(Cl)c1O. The molecule has 0 saturated carbocycles. The fraction of sp³-hybridized carbons (Fsp3) is 0.300. The van der Waals surface area contributed by atoms with Crippen LogP contribution < -0.4 is 5.32 Å². The van der Waals surface area contributed by atoms with Gasteiger partial charge in [-0.3, -0.25) is 4.79 Å². The molecule has 1 aromatic carbocycles. The number of phenols is 1. The highest BCUT2D eigenvalue weighted by molar-refractivity contribution is 6.43. The minimum atomic E-state index is -0.210. The first kappa shape index (κ1) is 12.1. The van der Waals surface area contributed by atoms with E-state index in [4.69, 9.17) is 23.2 Å². The molecule has 0 unspecified atom stereocenters. The summed E-state index contributed by atoms with van der Waals surface area (Å²) < 4.78 is 0. The van der Waals surface area contributed by atoms with Gasteiger partial charge in [0.25, 0.3) is 0 Å². The van der Waals surface area contributed by atoms with Crippen LogP contribution in [0.2, 0.25) is 10.0 Å². The number of phenolic OH excluding ortho intramolecular Hbond substituents is 1. The van der Waals surface area contributed by atoms with Gasteiger partial charge in [0.1, 0.15) is 5.02 Å². The van der Waals surface area contributed by atoms with Crippen molar-refractivity contribution in [2.45, 2.75) is 13.8 Å². The first-order valence-corrected chi connectivity index (χ1v) is 5.17. The molecule has 3 nitrogen and oxygen atoms in total. The first-order chi connectivity index (χ1) is 6.93. The summed E-state index contributed by atoms with van der Waals surface area (Å²) in [6.45, 7) is 3.51. The minimum Gasteiger partial charge on any atom is -0.504 e. The summed E-state index contributed by atoms with van der Waals surface area (Å²) in [5.74, 6) is -0.569. The van der Waals surface area contributed by atoms with Gasteiger partial charge in [0.2, 0.25) is 5.91 Å². The van der Waals surface area contributed by atoms with Crippen molar-refractivity contribution in [1.29, 1.82) is 0 Å². The maximum absolute atomic E-state index is 11.4. The van der Waals surface area contributed by atoms with Crippen LogP contribution in [0.1, 0.15) is 13.8 Å². The minimum absolute atomic E-state index is 0.0400. The van der Waals surface area contributed by atoms with E-state index in [1.807, 2.05) is 0 Å². The molecule has 0 aliphatic heterocycles. The van der Waals surface area contributed by atoms with E-state index in [0.717, 1.165) is 0 Å². The molecule has 0 radical (unpaired) electrons. The van der Waals surface area contributed by atoms with E-state index in [1.54, 1.807) is 13.8 Å². The number of nitrogens with one attached hydrogen (secondary N) is 1. The summed E-state index contributed by atoms with van der Waals surface area (Å²) in [5, 5.41) is 12.4. The molecule has 0 bridgehead atoms. The molecule has 1 rings (SSSR count). The number of benzene rings is 1. The number of anilines is 1. The maximum atomic E-state index is 11.4. The highest BCUT2D eigenvalue weighted by atomic mass is 35.5. The quantitative estimate of drug-likeness (QED) is 0.789. The number of hydrogen-bond donors (Lipinski definition) is 2. The molecule has 0 aliphatic rings. The molecule has 82 valence electrons. The number of amides is 1. The zero-order valence-corrected chi connectivity index (χ0v) is 9.86. The summed E-state index contributed by atoms with van der Waals surface area (Å²) in [5.41, 5.74) is 0.267. The van der Waals surface area contributed by atoms with Gasteiger partial charge in [-0.25, -0.2) is 0 Å². The molecule has 0 aliphatic carbocycles. The lowest BCUT2D eigenvalue weighted by Crippen LogP contribution is -2.17. The fourth-order valence-electron chi connectivity index (χ4n) is 0.918. The third-order valence-electron chi connectivity index (χ3n) is 1.85. The van der Waals surface area contributed by atoms with E-state index in [2.05, 4.69) is 5.32 Å². The Bertz CT molecular complexity index is 391. The van der Waals surface area contributed by atoms with Crippen molar-refractivity contribution in [3.8, 4) is 5.75 Å². The zero-order chi connectivity index (χ0) is 11.6. The second-order valence-electron chi connectivity index (χ2n) is 3.40. The van der Waals surface area contributed by atoms with Gasteiger partial charge in [0.15, 0.2) is 5.75 Å². The number of halogens is 2. The Balaban J connectivity index is 2.97. The molecular weight excluding hydrogens is 237 g/mol. The third-order valence-corrected chi connectivity index (χ3v) is 2.65. The van der Waals surface area contributed by atoms with Gasteiger partial charge in [-0.2, -0.15) is 0 Å². The molecule has 5 heteroatoms. The van der Waals surface area contributed by atoms with Crippen LogP contribution in [0.4, 0.5) is 5.69 Å². The Hall–Kier alpha value is -0.930. The van der Waals surface area contributed by atoms with Gasteiger partial charge < -0.3 is 10.4 Å². The largest absolute Gasteiger partial charge is 0.504 e. The van der Waals surface area contributed by atoms with Crippen molar-refractivity contribution in [3.63, 3.8) is 0 Å². The summed E-state index contributed by atoms with van der Waals surface area (Å²) in [6.07, 6.45) is 0. The monoisotopic (exact) mass is 247 g/mol. The Morgan fingerprint density at radius 1 is 1.40 bits per heavy atom. The predicted octanol–water partition coefficient (Wildman–Crippen LogP) is 3.29. The molecule has 2 N–H and O–H groups in total. The summed E-state index contributed by atoms with van der Waals surface area (Å²) in [7, 11) is 0. The van der Waals surface area contributed by atoms with Crippen molar-refractivity contribution in [2.75, 3.05) is 5.32 Å². The van der Waals surface area contributed by atoms with Gasteiger partial charge in [-0.15, -0.1) is 0 Å². The van der Waals surface area contributed by atoms with Crippen molar-refractivity contribution >= 4 is 34.8 Å². The average Bonchev–Trinajstić information content (AvgIpc) is 2.18. The van der Waals surface area contributed by atoms with Crippen molar-refractivity contribution in [3.05, 3.63) is 22.2 Å². The van der Waals surface area contributed by atoms with Crippen LogP contribution in [0.3, 0.4) is 0 Å². The van der Waals surface area contributed by atoms with E-state index >= 15 is 0 Å². The average molecular weight is 248 g/mol. The standard InChI is InChI=1S/C10H11Cl2NO2/c1-5(2)10(15)13-7-4-3-6(11)8(12)9(7)14/h3-5,14H,1-2H3,(H,13,15). The highest BCUT2D eigenvalue weighted by Crippen LogP contribution is 2.37. The summed E-state index contributed by atoms with van der Waals surface area (Å²) >= 11 is 11.4. The van der Waals surface area contributed by atoms with Crippen LogP contribution in [-0.4, -0.2) is 11.0 Å². The number of rotatable bonds is 2. The smallest absolute Gasteiger partial charge is 0.227 e. The number of carbonyl (C=O) groups excluding carboxylic acids is 1. The van der Waals surface area contributed by atoms with Gasteiger partial charge in [0, 0.05) is 5.92 Å². The van der Waals surface area contributed by atoms with Crippen LogP contribution in [-0.2, 0) is 4.79 Å². The van der Waals surface area contributed by atoms with Crippen LogP contribution in [0.5, 0.6) is 5.75 Å². The molecule has 0 heterocycles. The van der Waals surface area contributed by atoms with Crippen LogP contribution in [0, 0.1) is 5.92 Å². The van der Waals surface area contributed by atoms with Gasteiger partial charge in [0.05, 0.1) is 10.7 Å². The number of hydrogen-bond acceptors (Lipinski definition) is 2. The molecule has 15 heavy (non-hydrogen) atoms. The van der Waals surface area contributed by atoms with Crippen LogP contribution >= 0.6 is 23.2 Å². The lowest BCUT2D eigenvalue weighted by Gasteiger charge is -2.10. The molecule has 1 aromatic rings. The Morgan fingerprint density at radius 3 is 2.53 bits per heavy atom. The Morgan fingerprint density at radius 2 is 2.00 bits per heavy atom. The van der Waals surface area contributed by atoms with Gasteiger partial charge in [-0.05, 0) is 12.1 Å². The molecule has 0 atom stereocenters. The zero-order valence-electron chi connectivity index (χ0n) is 8.34. The molecule has 0 saturated heterocycles. The number of carbonyl (C=O) groups is 1. The van der Waals surface area contributed by atoms with Crippen LogP contribution in [0.15, 0.2) is 12.1 Å². The van der Waals surface area contributed by atoms with Gasteiger partial charge in [-0.1, -0.05) is 37.0 Å². The highest BCUT2D eigenvalue weighted by Gasteiger charge is 2.13. The van der Waals surface area contributed by atoms with E-state index in [0.29, 0.717) is 0 Å². The molecule has 0 fully saturated rings. The maximum Gasteiger partial charge on any atom is 0.227 e. The van der Waals surface area contributed by atoms with Crippen molar-refractivity contribution in [1.82, 2.24) is 0 Å². The fourth-order valence-corrected chi connectivity index (χ4v) is 1.24. The second kappa shape index (κ2) is 4.73. The Kier molecular flexibility index (Phi) is 3.83. The number of aromatic hydroxyl groups is 1. The predicted molar refractivity (Wildman–Crippen MR) is 61.6 cm³/mol. The Labute approximate surface area is 98.0 Å². The topological polar surface area (TPSA) is 49.3 Å². The van der Waals surface area contributed by atoms with Gasteiger partial charge >= 0.3 is 0 Å². The lowest BCUT2D eigenvalue weighted by atomic mass is 10.2. The molecule has 1 amide bonds. The summed E-state index contributed by atoms with van der Waals surface area (Å²) in [6, 6.07) is 3.02. The van der Waals surface area contributed by atoms with E-state index < -0.39 is 0 Å². The lowest BCUT2D eigenvalue weighted by molar-refractivity contribution is -0.118. The first-order valence-electron chi connectivity index (χ1n) is 4.41. The van der Waals surface area contributed by atoms with E-state index in [9.17, 15) is 9.90 Å². The third kappa shape index (κ3) is 2.76. The molecule has 0 aromatic heterocycles.